The molecule has 0 aliphatic carbocycles. The molecule has 0 aliphatic heterocycles. The monoisotopic (exact) mass is 345 g/mol. The van der Waals surface area contributed by atoms with E-state index < -0.39 is 0 Å². The van der Waals surface area contributed by atoms with Gasteiger partial charge in [0.15, 0.2) is 0 Å². The summed E-state index contributed by atoms with van der Waals surface area (Å²) in [6.45, 7) is 1.72. The van der Waals surface area contributed by atoms with E-state index in [4.69, 9.17) is 0 Å². The molecule has 0 radical (unpaired) electrons. The van der Waals surface area contributed by atoms with E-state index in [2.05, 4.69) is 31.7 Å². The van der Waals surface area contributed by atoms with Crippen LogP contribution in [0.2, 0.25) is 0 Å². The lowest BCUT2D eigenvalue weighted by molar-refractivity contribution is -0.120. The Hall–Kier alpha value is -1.41. The maximum Gasteiger partial charge on any atom is 0.283 e. The molecule has 1 amide bonds. The van der Waals surface area contributed by atoms with Crippen molar-refractivity contribution in [2.75, 3.05) is 39.5 Å². The number of likely N-dealkylation sites (N-methyl/N-ethyl adjacent to an activating group) is 1. The van der Waals surface area contributed by atoms with E-state index >= 15 is 0 Å². The van der Waals surface area contributed by atoms with Gasteiger partial charge in [0, 0.05) is 26.6 Å². The van der Waals surface area contributed by atoms with E-state index in [-0.39, 0.29) is 11.5 Å². The molecule has 0 bridgehead atoms. The molecule has 0 fully saturated rings. The lowest BCUT2D eigenvalue weighted by atomic mass is 10.3. The molecule has 0 atom stereocenters. The zero-order valence-corrected chi connectivity index (χ0v) is 13.5. The topological polar surface area (TPSA) is 79.3 Å². The zero-order valence-electron chi connectivity index (χ0n) is 11.9. The number of nitrogens with one attached hydrogen (secondary N) is 2. The van der Waals surface area contributed by atoms with Crippen LogP contribution in [0.1, 0.15) is 6.42 Å². The number of hydrogen-bond acceptors (Lipinski definition) is 5. The van der Waals surface area contributed by atoms with Crippen LogP contribution in [0.15, 0.2) is 15.5 Å². The SMILES string of the molecule is CNC(=O)CCNc1cnn(CCN(C)C)c(=O)c1Br. The standard InChI is InChI=1S/C12H20BrN5O2/c1-14-10(19)4-5-15-9-8-16-18(7-6-17(2)3)12(20)11(9)13/h8,15H,4-7H2,1-3H3,(H,14,19). The van der Waals surface area contributed by atoms with Gasteiger partial charge in [-0.3, -0.25) is 9.59 Å². The normalized spacial score (nSPS) is 10.7. The molecule has 0 unspecified atom stereocenters. The Morgan fingerprint density at radius 3 is 2.80 bits per heavy atom. The first-order valence-electron chi connectivity index (χ1n) is 6.30. The van der Waals surface area contributed by atoms with E-state index in [0.717, 1.165) is 6.54 Å². The second-order valence-corrected chi connectivity index (χ2v) is 5.35. The summed E-state index contributed by atoms with van der Waals surface area (Å²) in [5, 5.41) is 9.67. The third-order valence-electron chi connectivity index (χ3n) is 2.69. The van der Waals surface area contributed by atoms with E-state index in [1.807, 2.05) is 19.0 Å². The summed E-state index contributed by atoms with van der Waals surface area (Å²) in [5.41, 5.74) is 0.414. The van der Waals surface area contributed by atoms with Crippen LogP contribution in [0.25, 0.3) is 0 Å². The fourth-order valence-electron chi connectivity index (χ4n) is 1.48. The molecule has 1 aromatic rings. The van der Waals surface area contributed by atoms with Crippen molar-refractivity contribution in [3.05, 3.63) is 21.0 Å². The fourth-order valence-corrected chi connectivity index (χ4v) is 1.93. The van der Waals surface area contributed by atoms with Gasteiger partial charge < -0.3 is 15.5 Å². The van der Waals surface area contributed by atoms with Gasteiger partial charge in [-0.15, -0.1) is 0 Å². The highest BCUT2D eigenvalue weighted by Gasteiger charge is 2.09. The summed E-state index contributed by atoms with van der Waals surface area (Å²) >= 11 is 3.27. The maximum atomic E-state index is 12.1. The Labute approximate surface area is 126 Å². The minimum atomic E-state index is -0.184. The number of hydrogen-bond donors (Lipinski definition) is 2. The third kappa shape index (κ3) is 4.93. The van der Waals surface area contributed by atoms with Crippen molar-refractivity contribution in [1.82, 2.24) is 20.0 Å². The molecular weight excluding hydrogens is 326 g/mol. The van der Waals surface area contributed by atoms with Crippen molar-refractivity contribution >= 4 is 27.5 Å². The molecule has 112 valence electrons. The average molecular weight is 346 g/mol. The lowest BCUT2D eigenvalue weighted by Gasteiger charge is -2.12. The first-order chi connectivity index (χ1) is 9.45. The zero-order chi connectivity index (χ0) is 15.1. The number of halogens is 1. The van der Waals surface area contributed by atoms with Crippen molar-refractivity contribution in [2.24, 2.45) is 0 Å². The number of amides is 1. The lowest BCUT2D eigenvalue weighted by Crippen LogP contribution is -2.29. The van der Waals surface area contributed by atoms with Crippen LogP contribution in [-0.2, 0) is 11.3 Å². The Bertz CT molecular complexity index is 515. The Balaban J connectivity index is 2.69. The maximum absolute atomic E-state index is 12.1. The number of aromatic nitrogens is 2. The fraction of sp³-hybridized carbons (Fsp3) is 0.583. The van der Waals surface area contributed by atoms with Gasteiger partial charge in [0.1, 0.15) is 4.47 Å². The molecule has 8 heteroatoms. The minimum absolute atomic E-state index is 0.0547. The molecule has 2 N–H and O–H groups in total. The summed E-state index contributed by atoms with van der Waals surface area (Å²) in [7, 11) is 5.47. The van der Waals surface area contributed by atoms with E-state index in [0.29, 0.717) is 29.7 Å². The molecule has 1 heterocycles. The van der Waals surface area contributed by atoms with Gasteiger partial charge in [-0.1, -0.05) is 0 Å². The average Bonchev–Trinajstić information content (AvgIpc) is 2.42. The highest BCUT2D eigenvalue weighted by Crippen LogP contribution is 2.15. The molecule has 20 heavy (non-hydrogen) atoms. The Kier molecular flexibility index (Phi) is 6.66. The predicted octanol–water partition coefficient (Wildman–Crippen LogP) is 0.115. The van der Waals surface area contributed by atoms with Crippen molar-refractivity contribution in [3.63, 3.8) is 0 Å². The van der Waals surface area contributed by atoms with Crippen molar-refractivity contribution in [2.45, 2.75) is 13.0 Å². The van der Waals surface area contributed by atoms with Gasteiger partial charge in [-0.05, 0) is 30.0 Å². The number of rotatable bonds is 7. The quantitative estimate of drug-likeness (QED) is 0.733. The molecule has 1 aromatic heterocycles. The summed E-state index contributed by atoms with van der Waals surface area (Å²) in [6.07, 6.45) is 1.93. The van der Waals surface area contributed by atoms with Crippen LogP contribution in [0.3, 0.4) is 0 Å². The number of nitrogens with zero attached hydrogens (tertiary/aromatic N) is 3. The second-order valence-electron chi connectivity index (χ2n) is 4.55. The molecule has 0 aromatic carbocycles. The summed E-state index contributed by atoms with van der Waals surface area (Å²) in [6, 6.07) is 0. The van der Waals surface area contributed by atoms with Crippen LogP contribution >= 0.6 is 15.9 Å². The van der Waals surface area contributed by atoms with E-state index in [1.165, 1.54) is 4.68 Å². The summed E-state index contributed by atoms with van der Waals surface area (Å²) < 4.78 is 1.84. The van der Waals surface area contributed by atoms with Crippen molar-refractivity contribution in [3.8, 4) is 0 Å². The van der Waals surface area contributed by atoms with Gasteiger partial charge in [0.05, 0.1) is 18.4 Å². The highest BCUT2D eigenvalue weighted by atomic mass is 79.9. The molecule has 0 spiro atoms. The van der Waals surface area contributed by atoms with Crippen LogP contribution in [-0.4, -0.2) is 54.8 Å². The summed E-state index contributed by atoms with van der Waals surface area (Å²) in [4.78, 5) is 25.2. The number of carbonyl (C=O) groups is 1. The number of anilines is 1. The first-order valence-corrected chi connectivity index (χ1v) is 7.09. The van der Waals surface area contributed by atoms with E-state index in [1.54, 1.807) is 13.2 Å². The molecular formula is C12H20BrN5O2. The van der Waals surface area contributed by atoms with Crippen LogP contribution in [0.5, 0.6) is 0 Å². The van der Waals surface area contributed by atoms with Crippen LogP contribution < -0.4 is 16.2 Å². The molecule has 1 rings (SSSR count). The van der Waals surface area contributed by atoms with E-state index in [9.17, 15) is 9.59 Å². The molecule has 7 nitrogen and oxygen atoms in total. The van der Waals surface area contributed by atoms with Crippen molar-refractivity contribution in [1.29, 1.82) is 0 Å². The van der Waals surface area contributed by atoms with Gasteiger partial charge in [0.2, 0.25) is 5.91 Å². The molecule has 0 saturated carbocycles. The smallest absolute Gasteiger partial charge is 0.283 e. The van der Waals surface area contributed by atoms with Gasteiger partial charge in [0.25, 0.3) is 5.56 Å². The predicted molar refractivity (Wildman–Crippen MR) is 81.9 cm³/mol. The third-order valence-corrected chi connectivity index (χ3v) is 3.46. The molecule has 0 saturated heterocycles. The van der Waals surface area contributed by atoms with Gasteiger partial charge >= 0.3 is 0 Å². The Morgan fingerprint density at radius 2 is 2.20 bits per heavy atom. The second kappa shape index (κ2) is 8.01. The van der Waals surface area contributed by atoms with Crippen molar-refractivity contribution < 1.29 is 4.79 Å². The van der Waals surface area contributed by atoms with Gasteiger partial charge in [-0.2, -0.15) is 5.10 Å². The van der Waals surface area contributed by atoms with Gasteiger partial charge in [-0.25, -0.2) is 4.68 Å². The van der Waals surface area contributed by atoms with Crippen LogP contribution in [0, 0.1) is 0 Å². The minimum Gasteiger partial charge on any atom is -0.382 e. The Morgan fingerprint density at radius 1 is 1.50 bits per heavy atom. The largest absolute Gasteiger partial charge is 0.382 e. The van der Waals surface area contributed by atoms with Crippen LogP contribution in [0.4, 0.5) is 5.69 Å². The molecule has 0 aliphatic rings. The highest BCUT2D eigenvalue weighted by molar-refractivity contribution is 9.10. The first kappa shape index (κ1) is 16.6. The summed E-state index contributed by atoms with van der Waals surface area (Å²) in [5.74, 6) is -0.0547. The number of carbonyl (C=O) groups excluding carboxylic acids is 1.